The molecule has 0 bridgehead atoms. The molecule has 1 aliphatic rings. The first-order chi connectivity index (χ1) is 4.86. The lowest BCUT2D eigenvalue weighted by Crippen LogP contribution is -2.10. The molecule has 52 valence electrons. The van der Waals surface area contributed by atoms with Crippen LogP contribution in [-0.4, -0.2) is 9.97 Å². The molecule has 0 unspecified atom stereocenters. The van der Waals surface area contributed by atoms with Crippen LogP contribution in [0.3, 0.4) is 0 Å². The molecule has 0 atom stereocenters. The summed E-state index contributed by atoms with van der Waals surface area (Å²) in [6.07, 6.45) is 3.98. The number of nitrogens with zero attached hydrogens (tertiary/aromatic N) is 1. The molecule has 3 heteroatoms. The van der Waals surface area contributed by atoms with E-state index in [0.29, 0.717) is 5.92 Å². The average Bonchev–Trinajstić information content (AvgIpc) is 2.68. The summed E-state index contributed by atoms with van der Waals surface area (Å²) in [7, 11) is 0. The van der Waals surface area contributed by atoms with Gasteiger partial charge in [0.25, 0.3) is 0 Å². The number of hydrogen-bond acceptors (Lipinski definition) is 2. The largest absolute Gasteiger partial charge is 0.345 e. The van der Waals surface area contributed by atoms with Crippen LogP contribution in [0.15, 0.2) is 17.1 Å². The molecule has 1 N–H and O–H groups in total. The summed E-state index contributed by atoms with van der Waals surface area (Å²) in [6, 6.07) is 1.87. The number of aromatic amines is 1. The molecule has 10 heavy (non-hydrogen) atoms. The molecule has 0 aromatic carbocycles. The summed E-state index contributed by atoms with van der Waals surface area (Å²) in [5, 5.41) is 0. The Bertz CT molecular complexity index is 288. The molecule has 1 heterocycles. The molecule has 1 aliphatic carbocycles. The van der Waals surface area contributed by atoms with Crippen molar-refractivity contribution in [2.24, 2.45) is 0 Å². The Morgan fingerprint density at radius 3 is 3.00 bits per heavy atom. The third-order valence-electron chi connectivity index (χ3n) is 1.71. The number of rotatable bonds is 1. The molecule has 1 aromatic rings. The highest BCUT2D eigenvalue weighted by Gasteiger charge is 2.23. The van der Waals surface area contributed by atoms with Crippen molar-refractivity contribution in [3.63, 3.8) is 0 Å². The fraction of sp³-hybridized carbons (Fsp3) is 0.429. The summed E-state index contributed by atoms with van der Waals surface area (Å²) in [4.78, 5) is 16.9. The van der Waals surface area contributed by atoms with Crippen molar-refractivity contribution in [2.45, 2.75) is 18.8 Å². The topological polar surface area (TPSA) is 45.8 Å². The molecule has 0 amide bonds. The summed E-state index contributed by atoms with van der Waals surface area (Å²) in [5.41, 5.74) is 0.810. The van der Waals surface area contributed by atoms with Gasteiger partial charge in [0.05, 0.1) is 0 Å². The Morgan fingerprint density at radius 1 is 1.60 bits per heavy atom. The van der Waals surface area contributed by atoms with Gasteiger partial charge < -0.3 is 4.98 Å². The fourth-order valence-corrected chi connectivity index (χ4v) is 1.02. The Morgan fingerprint density at radius 2 is 2.40 bits per heavy atom. The maximum Gasteiger partial charge on any atom is 0.345 e. The van der Waals surface area contributed by atoms with Gasteiger partial charge in [-0.3, -0.25) is 0 Å². The van der Waals surface area contributed by atoms with Crippen molar-refractivity contribution in [3.05, 3.63) is 28.4 Å². The van der Waals surface area contributed by atoms with Gasteiger partial charge in [0.15, 0.2) is 0 Å². The number of hydrogen-bond donors (Lipinski definition) is 1. The summed E-state index contributed by atoms with van der Waals surface area (Å²) in [6.45, 7) is 0. The Kier molecular flexibility index (Phi) is 1.09. The minimum Gasteiger partial charge on any atom is -0.310 e. The second-order valence-electron chi connectivity index (χ2n) is 2.60. The molecule has 3 nitrogen and oxygen atoms in total. The molecule has 0 radical (unpaired) electrons. The van der Waals surface area contributed by atoms with E-state index in [9.17, 15) is 4.79 Å². The predicted molar refractivity (Wildman–Crippen MR) is 36.8 cm³/mol. The molecule has 0 spiro atoms. The number of nitrogens with one attached hydrogen (secondary N) is 1. The van der Waals surface area contributed by atoms with E-state index in [1.165, 1.54) is 12.8 Å². The van der Waals surface area contributed by atoms with Gasteiger partial charge in [-0.2, -0.15) is 0 Å². The highest BCUT2D eigenvalue weighted by Crippen LogP contribution is 2.38. The van der Waals surface area contributed by atoms with Crippen LogP contribution in [0.1, 0.15) is 24.5 Å². The van der Waals surface area contributed by atoms with Crippen molar-refractivity contribution < 1.29 is 0 Å². The standard InChI is InChI=1S/C7H8N2O/c10-7-8-4-3-6(9-7)5-1-2-5/h3-5H,1-2H2,(H,8,9,10). The van der Waals surface area contributed by atoms with Crippen molar-refractivity contribution in [1.82, 2.24) is 9.97 Å². The van der Waals surface area contributed by atoms with Crippen LogP contribution < -0.4 is 5.69 Å². The molecule has 1 saturated carbocycles. The van der Waals surface area contributed by atoms with Crippen molar-refractivity contribution in [1.29, 1.82) is 0 Å². The lowest BCUT2D eigenvalue weighted by Gasteiger charge is -1.92. The van der Waals surface area contributed by atoms with Crippen LogP contribution in [0, 0.1) is 0 Å². The molecular formula is C7H8N2O. The lowest BCUT2D eigenvalue weighted by atomic mass is 10.3. The molecule has 1 fully saturated rings. The lowest BCUT2D eigenvalue weighted by molar-refractivity contribution is 0.947. The minimum atomic E-state index is -0.232. The SMILES string of the molecule is O=c1nccc(C2CC2)[nH]1. The smallest absolute Gasteiger partial charge is 0.310 e. The Labute approximate surface area is 58.1 Å². The Hall–Kier alpha value is -1.12. The van der Waals surface area contributed by atoms with Gasteiger partial charge >= 0.3 is 5.69 Å². The van der Waals surface area contributed by atoms with Gasteiger partial charge in [-0.1, -0.05) is 0 Å². The maximum atomic E-state index is 10.7. The van der Waals surface area contributed by atoms with Crippen molar-refractivity contribution in [2.75, 3.05) is 0 Å². The third kappa shape index (κ3) is 0.943. The number of H-pyrrole nitrogens is 1. The quantitative estimate of drug-likeness (QED) is 0.616. The fourth-order valence-electron chi connectivity index (χ4n) is 1.02. The number of aromatic nitrogens is 2. The van der Waals surface area contributed by atoms with Crippen molar-refractivity contribution in [3.8, 4) is 0 Å². The minimum absolute atomic E-state index is 0.232. The first-order valence-electron chi connectivity index (χ1n) is 3.41. The van der Waals surface area contributed by atoms with Gasteiger partial charge in [0.1, 0.15) is 0 Å². The van der Waals surface area contributed by atoms with E-state index in [1.54, 1.807) is 6.20 Å². The van der Waals surface area contributed by atoms with E-state index in [1.807, 2.05) is 6.07 Å². The highest BCUT2D eigenvalue weighted by atomic mass is 16.1. The monoisotopic (exact) mass is 136 g/mol. The van der Waals surface area contributed by atoms with Crippen LogP contribution in [0.4, 0.5) is 0 Å². The third-order valence-corrected chi connectivity index (χ3v) is 1.71. The second-order valence-corrected chi connectivity index (χ2v) is 2.60. The van der Waals surface area contributed by atoms with E-state index >= 15 is 0 Å². The van der Waals surface area contributed by atoms with Crippen LogP contribution in [-0.2, 0) is 0 Å². The summed E-state index contributed by atoms with van der Waals surface area (Å²) < 4.78 is 0. The van der Waals surface area contributed by atoms with Crippen LogP contribution in [0.5, 0.6) is 0 Å². The highest BCUT2D eigenvalue weighted by molar-refractivity contribution is 5.11. The molecule has 0 saturated heterocycles. The first kappa shape index (κ1) is 5.65. The van der Waals surface area contributed by atoms with E-state index in [-0.39, 0.29) is 5.69 Å². The van der Waals surface area contributed by atoms with Crippen LogP contribution >= 0.6 is 0 Å². The normalized spacial score (nSPS) is 17.2. The van der Waals surface area contributed by atoms with E-state index < -0.39 is 0 Å². The van der Waals surface area contributed by atoms with Gasteiger partial charge in [0.2, 0.25) is 0 Å². The molecular weight excluding hydrogens is 128 g/mol. The Balaban J connectivity index is 2.41. The zero-order valence-corrected chi connectivity index (χ0v) is 5.50. The second kappa shape index (κ2) is 1.94. The van der Waals surface area contributed by atoms with E-state index in [4.69, 9.17) is 0 Å². The van der Waals surface area contributed by atoms with Gasteiger partial charge in [0, 0.05) is 11.9 Å². The molecule has 1 aromatic heterocycles. The average molecular weight is 136 g/mol. The van der Waals surface area contributed by atoms with E-state index in [2.05, 4.69) is 9.97 Å². The maximum absolute atomic E-state index is 10.7. The van der Waals surface area contributed by atoms with E-state index in [0.717, 1.165) is 5.69 Å². The first-order valence-corrected chi connectivity index (χ1v) is 3.41. The van der Waals surface area contributed by atoms with Crippen LogP contribution in [0.2, 0.25) is 0 Å². The predicted octanol–water partition coefficient (Wildman–Crippen LogP) is 0.647. The summed E-state index contributed by atoms with van der Waals surface area (Å²) in [5.74, 6) is 0.607. The molecule has 2 rings (SSSR count). The van der Waals surface area contributed by atoms with Gasteiger partial charge in [-0.05, 0) is 24.8 Å². The van der Waals surface area contributed by atoms with Crippen LogP contribution in [0.25, 0.3) is 0 Å². The van der Waals surface area contributed by atoms with Gasteiger partial charge in [-0.25, -0.2) is 9.78 Å². The van der Waals surface area contributed by atoms with Crippen molar-refractivity contribution >= 4 is 0 Å². The summed E-state index contributed by atoms with van der Waals surface area (Å²) >= 11 is 0. The zero-order valence-electron chi connectivity index (χ0n) is 5.50. The molecule has 0 aliphatic heterocycles. The van der Waals surface area contributed by atoms with Gasteiger partial charge in [-0.15, -0.1) is 0 Å². The zero-order chi connectivity index (χ0) is 6.97.